The molecule has 0 aliphatic rings. The van der Waals surface area contributed by atoms with Crippen LogP contribution in [0.1, 0.15) is 16.6 Å². The average Bonchev–Trinajstić information content (AvgIpc) is 2.73. The van der Waals surface area contributed by atoms with Gasteiger partial charge in [-0.1, -0.05) is 0 Å². The van der Waals surface area contributed by atoms with Crippen LogP contribution in [0.3, 0.4) is 0 Å². The highest BCUT2D eigenvalue weighted by atomic mass is 79.9. The van der Waals surface area contributed by atoms with E-state index in [-0.39, 0.29) is 5.78 Å². The molecule has 0 N–H and O–H groups in total. The summed E-state index contributed by atoms with van der Waals surface area (Å²) < 4.78 is 2.61. The Morgan fingerprint density at radius 1 is 1.53 bits per heavy atom. The summed E-state index contributed by atoms with van der Waals surface area (Å²) in [5, 5.41) is 4.90. The number of carbonyl (C=O) groups is 1. The maximum absolute atomic E-state index is 11.1. The Morgan fingerprint density at radius 3 is 2.73 bits per heavy atom. The first-order chi connectivity index (χ1) is 7.09. The van der Waals surface area contributed by atoms with E-state index in [0.717, 1.165) is 15.2 Å². The van der Waals surface area contributed by atoms with Crippen molar-refractivity contribution in [2.24, 2.45) is 7.05 Å². The molecule has 0 aliphatic heterocycles. The van der Waals surface area contributed by atoms with E-state index in [1.165, 1.54) is 18.3 Å². The van der Waals surface area contributed by atoms with Gasteiger partial charge in [0.15, 0.2) is 5.78 Å². The lowest BCUT2D eigenvalue weighted by molar-refractivity contribution is 0.102. The van der Waals surface area contributed by atoms with E-state index in [1.54, 1.807) is 17.1 Å². The largest absolute Gasteiger partial charge is 0.294 e. The summed E-state index contributed by atoms with van der Waals surface area (Å²) in [5.74, 6) is 0.0389. The minimum absolute atomic E-state index is 0.0389. The molecular formula is C9H8BrN3OS. The van der Waals surface area contributed by atoms with Crippen molar-refractivity contribution in [3.8, 4) is 10.7 Å². The van der Waals surface area contributed by atoms with Gasteiger partial charge in [0.05, 0.1) is 15.5 Å². The van der Waals surface area contributed by atoms with Crippen molar-refractivity contribution in [2.75, 3.05) is 0 Å². The topological polar surface area (TPSA) is 47.8 Å². The quantitative estimate of drug-likeness (QED) is 0.797. The first kappa shape index (κ1) is 10.5. The fourth-order valence-corrected chi connectivity index (χ4v) is 2.77. The molecule has 0 atom stereocenters. The SMILES string of the molecule is CC(=O)c1cnc(-c2c(Br)cnn2C)s1. The minimum Gasteiger partial charge on any atom is -0.294 e. The Bertz CT molecular complexity index is 498. The van der Waals surface area contributed by atoms with Gasteiger partial charge in [0.1, 0.15) is 10.7 Å². The van der Waals surface area contributed by atoms with Crippen molar-refractivity contribution in [1.29, 1.82) is 0 Å². The maximum Gasteiger partial charge on any atom is 0.171 e. The van der Waals surface area contributed by atoms with Crippen LogP contribution in [0.5, 0.6) is 0 Å². The van der Waals surface area contributed by atoms with Crippen LogP contribution in [-0.2, 0) is 7.05 Å². The van der Waals surface area contributed by atoms with Gasteiger partial charge < -0.3 is 0 Å². The van der Waals surface area contributed by atoms with Crippen LogP contribution in [0.2, 0.25) is 0 Å². The van der Waals surface area contributed by atoms with Crippen LogP contribution in [0, 0.1) is 0 Å². The van der Waals surface area contributed by atoms with Gasteiger partial charge >= 0.3 is 0 Å². The number of thiazole rings is 1. The number of aryl methyl sites for hydroxylation is 1. The van der Waals surface area contributed by atoms with Gasteiger partial charge in [0.25, 0.3) is 0 Å². The van der Waals surface area contributed by atoms with E-state index in [9.17, 15) is 4.79 Å². The van der Waals surface area contributed by atoms with Crippen LogP contribution in [0.15, 0.2) is 16.9 Å². The molecule has 0 radical (unpaired) electrons. The number of Topliss-reactive ketones (excluding diaryl/α,β-unsaturated/α-hetero) is 1. The zero-order chi connectivity index (χ0) is 11.0. The van der Waals surface area contributed by atoms with E-state index in [2.05, 4.69) is 26.0 Å². The Balaban J connectivity index is 2.50. The lowest BCUT2D eigenvalue weighted by Gasteiger charge is -1.96. The van der Waals surface area contributed by atoms with Crippen molar-refractivity contribution in [3.05, 3.63) is 21.7 Å². The summed E-state index contributed by atoms with van der Waals surface area (Å²) in [6.45, 7) is 1.54. The smallest absolute Gasteiger partial charge is 0.171 e. The van der Waals surface area contributed by atoms with Gasteiger partial charge in [-0.3, -0.25) is 9.48 Å². The zero-order valence-corrected chi connectivity index (χ0v) is 10.6. The number of nitrogens with zero attached hydrogens (tertiary/aromatic N) is 3. The first-order valence-corrected chi connectivity index (χ1v) is 5.85. The molecule has 0 aliphatic carbocycles. The van der Waals surface area contributed by atoms with Crippen LogP contribution in [0.4, 0.5) is 0 Å². The predicted octanol–water partition coefficient (Wildman–Crippen LogP) is 2.51. The average molecular weight is 286 g/mol. The van der Waals surface area contributed by atoms with E-state index < -0.39 is 0 Å². The van der Waals surface area contributed by atoms with Crippen LogP contribution >= 0.6 is 27.3 Å². The number of rotatable bonds is 2. The summed E-state index contributed by atoms with van der Waals surface area (Å²) in [6.07, 6.45) is 3.31. The number of carbonyl (C=O) groups excluding carboxylic acids is 1. The van der Waals surface area contributed by atoms with E-state index >= 15 is 0 Å². The summed E-state index contributed by atoms with van der Waals surface area (Å²) in [5.41, 5.74) is 0.896. The molecule has 2 aromatic rings. The third-order valence-electron chi connectivity index (χ3n) is 1.95. The third-order valence-corrected chi connectivity index (χ3v) is 3.63. The molecule has 78 valence electrons. The molecule has 0 fully saturated rings. The van der Waals surface area contributed by atoms with Gasteiger partial charge in [-0.25, -0.2) is 4.98 Å². The highest BCUT2D eigenvalue weighted by molar-refractivity contribution is 9.10. The molecule has 0 unspecified atom stereocenters. The van der Waals surface area contributed by atoms with Crippen LogP contribution in [0.25, 0.3) is 10.7 Å². The molecule has 2 rings (SSSR count). The Labute approximate surface area is 99.1 Å². The first-order valence-electron chi connectivity index (χ1n) is 4.24. The van der Waals surface area contributed by atoms with Crippen molar-refractivity contribution >= 4 is 33.0 Å². The van der Waals surface area contributed by atoms with Gasteiger partial charge in [-0.05, 0) is 15.9 Å². The number of ketones is 1. The number of hydrogen-bond donors (Lipinski definition) is 0. The molecule has 0 saturated carbocycles. The van der Waals surface area contributed by atoms with Crippen LogP contribution in [-0.4, -0.2) is 20.5 Å². The molecule has 0 spiro atoms. The Kier molecular flexibility index (Phi) is 2.70. The molecule has 6 heteroatoms. The summed E-state index contributed by atoms with van der Waals surface area (Å²) in [4.78, 5) is 16.0. The monoisotopic (exact) mass is 285 g/mol. The molecular weight excluding hydrogens is 278 g/mol. The highest BCUT2D eigenvalue weighted by Crippen LogP contribution is 2.30. The fourth-order valence-electron chi connectivity index (χ4n) is 1.20. The second-order valence-corrected chi connectivity index (χ2v) is 4.94. The van der Waals surface area contributed by atoms with Crippen molar-refractivity contribution in [1.82, 2.24) is 14.8 Å². The van der Waals surface area contributed by atoms with Gasteiger partial charge in [-0.15, -0.1) is 11.3 Å². The van der Waals surface area contributed by atoms with E-state index in [4.69, 9.17) is 0 Å². The lowest BCUT2D eigenvalue weighted by Crippen LogP contribution is -1.92. The highest BCUT2D eigenvalue weighted by Gasteiger charge is 2.14. The van der Waals surface area contributed by atoms with E-state index in [0.29, 0.717) is 4.88 Å². The molecule has 0 aromatic carbocycles. The second kappa shape index (κ2) is 3.86. The third kappa shape index (κ3) is 1.87. The lowest BCUT2D eigenvalue weighted by atomic mass is 10.4. The Hall–Kier alpha value is -1.01. The number of aromatic nitrogens is 3. The Morgan fingerprint density at radius 2 is 2.27 bits per heavy atom. The van der Waals surface area contributed by atoms with Crippen molar-refractivity contribution in [3.63, 3.8) is 0 Å². The van der Waals surface area contributed by atoms with Crippen LogP contribution < -0.4 is 0 Å². The number of hydrogen-bond acceptors (Lipinski definition) is 4. The summed E-state index contributed by atoms with van der Waals surface area (Å²) in [7, 11) is 1.84. The van der Waals surface area contributed by atoms with Crippen molar-refractivity contribution < 1.29 is 4.79 Å². The normalized spacial score (nSPS) is 10.6. The number of halogens is 1. The zero-order valence-electron chi connectivity index (χ0n) is 8.19. The van der Waals surface area contributed by atoms with Gasteiger partial charge in [-0.2, -0.15) is 5.10 Å². The molecule has 4 nitrogen and oxygen atoms in total. The molecule has 2 aromatic heterocycles. The molecule has 0 bridgehead atoms. The predicted molar refractivity (Wildman–Crippen MR) is 62.0 cm³/mol. The molecule has 0 saturated heterocycles. The van der Waals surface area contributed by atoms with Crippen molar-refractivity contribution in [2.45, 2.75) is 6.92 Å². The summed E-state index contributed by atoms with van der Waals surface area (Å²) in [6, 6.07) is 0. The molecule has 15 heavy (non-hydrogen) atoms. The molecule has 0 amide bonds. The van der Waals surface area contributed by atoms with Gasteiger partial charge in [0, 0.05) is 20.2 Å². The van der Waals surface area contributed by atoms with E-state index in [1.807, 2.05) is 7.05 Å². The minimum atomic E-state index is 0.0389. The second-order valence-electron chi connectivity index (χ2n) is 3.05. The van der Waals surface area contributed by atoms with Gasteiger partial charge in [0.2, 0.25) is 0 Å². The fraction of sp³-hybridized carbons (Fsp3) is 0.222. The maximum atomic E-state index is 11.1. The standard InChI is InChI=1S/C9H8BrN3OS/c1-5(14)7-4-11-9(15-7)8-6(10)3-12-13(8)2/h3-4H,1-2H3. The molecule has 2 heterocycles. The summed E-state index contributed by atoms with van der Waals surface area (Å²) >= 11 is 4.77.